The summed E-state index contributed by atoms with van der Waals surface area (Å²) < 4.78 is 24.8. The zero-order valence-corrected chi connectivity index (χ0v) is 18.1. The fraction of sp³-hybridized carbons (Fsp3) is 0.0435. The van der Waals surface area contributed by atoms with Gasteiger partial charge in [-0.05, 0) is 72.3 Å². The van der Waals surface area contributed by atoms with E-state index >= 15 is 0 Å². The topological polar surface area (TPSA) is 92.3 Å². The molecule has 31 heavy (non-hydrogen) atoms. The number of benzene rings is 3. The van der Waals surface area contributed by atoms with Gasteiger partial charge < -0.3 is 5.32 Å². The van der Waals surface area contributed by atoms with Crippen molar-refractivity contribution in [3.8, 4) is 0 Å². The molecule has 0 fully saturated rings. The normalized spacial score (nSPS) is 11.3. The molecule has 6 nitrogen and oxygen atoms in total. The summed E-state index contributed by atoms with van der Waals surface area (Å²) in [7, 11) is -3.37. The summed E-state index contributed by atoms with van der Waals surface area (Å²) in [6.07, 6.45) is 4.11. The molecule has 0 heterocycles. The van der Waals surface area contributed by atoms with E-state index in [0.717, 1.165) is 11.8 Å². The maximum absolute atomic E-state index is 12.4. The van der Waals surface area contributed by atoms with E-state index in [9.17, 15) is 18.0 Å². The maximum atomic E-state index is 12.4. The number of carbonyl (C=O) groups excluding carboxylic acids is 2. The Balaban J connectivity index is 1.66. The Kier molecular flexibility index (Phi) is 6.89. The number of hydrogen-bond acceptors (Lipinski definition) is 4. The van der Waals surface area contributed by atoms with Crippen LogP contribution in [0.5, 0.6) is 0 Å². The minimum atomic E-state index is -3.37. The van der Waals surface area contributed by atoms with E-state index in [-0.39, 0.29) is 11.7 Å². The van der Waals surface area contributed by atoms with Crippen LogP contribution in [0.25, 0.3) is 6.08 Å². The number of amides is 1. The first-order valence-corrected chi connectivity index (χ1v) is 11.4. The molecule has 3 aromatic carbocycles. The fourth-order valence-electron chi connectivity index (χ4n) is 2.71. The highest BCUT2D eigenvalue weighted by Crippen LogP contribution is 2.16. The van der Waals surface area contributed by atoms with E-state index in [4.69, 9.17) is 11.6 Å². The molecule has 0 saturated heterocycles. The van der Waals surface area contributed by atoms with Gasteiger partial charge in [-0.1, -0.05) is 29.8 Å². The van der Waals surface area contributed by atoms with Crippen molar-refractivity contribution < 1.29 is 18.0 Å². The Hall–Kier alpha value is -3.42. The quantitative estimate of drug-likeness (QED) is 0.394. The van der Waals surface area contributed by atoms with Crippen LogP contribution >= 0.6 is 11.6 Å². The average molecular weight is 455 g/mol. The molecule has 3 rings (SSSR count). The first kappa shape index (κ1) is 22.3. The predicted octanol–water partition coefficient (Wildman–Crippen LogP) is 4.86. The minimum absolute atomic E-state index is 0.235. The second kappa shape index (κ2) is 9.59. The lowest BCUT2D eigenvalue weighted by molar-refractivity contribution is 0.102. The van der Waals surface area contributed by atoms with Gasteiger partial charge >= 0.3 is 0 Å². The van der Waals surface area contributed by atoms with Gasteiger partial charge in [0.15, 0.2) is 5.78 Å². The third-order valence-corrected chi connectivity index (χ3v) is 5.01. The smallest absolute Gasteiger partial charge is 0.255 e. The van der Waals surface area contributed by atoms with Crippen LogP contribution in [0.3, 0.4) is 0 Å². The van der Waals surface area contributed by atoms with Crippen molar-refractivity contribution in [3.63, 3.8) is 0 Å². The summed E-state index contributed by atoms with van der Waals surface area (Å²) >= 11 is 5.84. The third-order valence-electron chi connectivity index (χ3n) is 4.15. The summed E-state index contributed by atoms with van der Waals surface area (Å²) in [6.45, 7) is 0. The number of allylic oxidation sites excluding steroid dienone is 1. The Morgan fingerprint density at radius 3 is 2.16 bits per heavy atom. The van der Waals surface area contributed by atoms with Crippen molar-refractivity contribution in [1.29, 1.82) is 0 Å². The van der Waals surface area contributed by atoms with E-state index in [1.807, 2.05) is 0 Å². The van der Waals surface area contributed by atoms with Gasteiger partial charge in [0.2, 0.25) is 10.0 Å². The molecule has 0 aliphatic heterocycles. The Bertz CT molecular complexity index is 1240. The number of sulfonamides is 1. The SMILES string of the molecule is CS(=O)(=O)Nc1ccc(C(=O)C=Cc2cccc(NC(=O)c3ccc(Cl)cc3)c2)cc1. The molecular weight excluding hydrogens is 436 g/mol. The summed E-state index contributed by atoms with van der Waals surface area (Å²) in [5.74, 6) is -0.502. The lowest BCUT2D eigenvalue weighted by Gasteiger charge is -2.06. The lowest BCUT2D eigenvalue weighted by atomic mass is 10.1. The second-order valence-electron chi connectivity index (χ2n) is 6.74. The molecule has 158 valence electrons. The number of nitrogens with one attached hydrogen (secondary N) is 2. The van der Waals surface area contributed by atoms with E-state index in [1.165, 1.54) is 18.2 Å². The summed E-state index contributed by atoms with van der Waals surface area (Å²) in [5, 5.41) is 3.36. The number of anilines is 2. The highest BCUT2D eigenvalue weighted by molar-refractivity contribution is 7.92. The van der Waals surface area contributed by atoms with Gasteiger partial charge in [-0.15, -0.1) is 0 Å². The van der Waals surface area contributed by atoms with Crippen LogP contribution in [-0.4, -0.2) is 26.4 Å². The zero-order valence-electron chi connectivity index (χ0n) is 16.5. The zero-order chi connectivity index (χ0) is 22.4. The van der Waals surface area contributed by atoms with Crippen LogP contribution in [0.2, 0.25) is 5.02 Å². The molecule has 0 aliphatic rings. The monoisotopic (exact) mass is 454 g/mol. The third kappa shape index (κ3) is 6.80. The molecular formula is C23H19ClN2O4S. The number of ketones is 1. The molecule has 0 bridgehead atoms. The molecule has 8 heteroatoms. The van der Waals surface area contributed by atoms with Crippen LogP contribution in [0.1, 0.15) is 26.3 Å². The summed E-state index contributed by atoms with van der Waals surface area (Å²) in [5.41, 5.74) is 2.60. The highest BCUT2D eigenvalue weighted by Gasteiger charge is 2.07. The lowest BCUT2D eigenvalue weighted by Crippen LogP contribution is -2.11. The first-order chi connectivity index (χ1) is 14.7. The molecule has 0 unspecified atom stereocenters. The predicted molar refractivity (Wildman–Crippen MR) is 124 cm³/mol. The van der Waals surface area contributed by atoms with Crippen LogP contribution in [0, 0.1) is 0 Å². The molecule has 0 saturated carbocycles. The number of carbonyl (C=O) groups is 2. The van der Waals surface area contributed by atoms with Crippen LogP contribution in [0.15, 0.2) is 78.9 Å². The molecule has 0 atom stereocenters. The van der Waals surface area contributed by atoms with Crippen molar-refractivity contribution in [2.24, 2.45) is 0 Å². The molecule has 3 aromatic rings. The van der Waals surface area contributed by atoms with E-state index < -0.39 is 10.0 Å². The van der Waals surface area contributed by atoms with Gasteiger partial charge in [0.25, 0.3) is 5.91 Å². The number of halogens is 1. The molecule has 0 radical (unpaired) electrons. The van der Waals surface area contributed by atoms with Crippen molar-refractivity contribution >= 4 is 50.8 Å². The van der Waals surface area contributed by atoms with Crippen LogP contribution in [0.4, 0.5) is 11.4 Å². The average Bonchev–Trinajstić information content (AvgIpc) is 2.72. The Morgan fingerprint density at radius 1 is 0.871 bits per heavy atom. The minimum Gasteiger partial charge on any atom is -0.322 e. The van der Waals surface area contributed by atoms with Gasteiger partial charge in [0.1, 0.15) is 0 Å². The maximum Gasteiger partial charge on any atom is 0.255 e. The van der Waals surface area contributed by atoms with Crippen LogP contribution < -0.4 is 10.0 Å². The van der Waals surface area contributed by atoms with Gasteiger partial charge in [-0.25, -0.2) is 8.42 Å². The summed E-state index contributed by atoms with van der Waals surface area (Å²) in [6, 6.07) is 19.8. The van der Waals surface area contributed by atoms with Gasteiger partial charge in [-0.2, -0.15) is 0 Å². The Labute approximate surface area is 185 Å². The van der Waals surface area contributed by atoms with Gasteiger partial charge in [0, 0.05) is 27.5 Å². The van der Waals surface area contributed by atoms with E-state index in [1.54, 1.807) is 66.7 Å². The van der Waals surface area contributed by atoms with Crippen molar-refractivity contribution in [2.45, 2.75) is 0 Å². The summed E-state index contributed by atoms with van der Waals surface area (Å²) in [4.78, 5) is 24.7. The van der Waals surface area contributed by atoms with Gasteiger partial charge in [-0.3, -0.25) is 14.3 Å². The molecule has 1 amide bonds. The van der Waals surface area contributed by atoms with E-state index in [2.05, 4.69) is 10.0 Å². The number of rotatable bonds is 7. The van der Waals surface area contributed by atoms with Gasteiger partial charge in [0.05, 0.1) is 6.26 Å². The molecule has 0 aromatic heterocycles. The fourth-order valence-corrected chi connectivity index (χ4v) is 3.40. The first-order valence-electron chi connectivity index (χ1n) is 9.17. The highest BCUT2D eigenvalue weighted by atomic mass is 35.5. The Morgan fingerprint density at radius 2 is 1.52 bits per heavy atom. The van der Waals surface area contributed by atoms with Crippen molar-refractivity contribution in [1.82, 2.24) is 0 Å². The van der Waals surface area contributed by atoms with Crippen molar-refractivity contribution in [2.75, 3.05) is 16.3 Å². The standard InChI is InChI=1S/C23H19ClN2O4S/c1-31(29,30)26-20-12-8-17(9-13-20)22(27)14-5-16-3-2-4-21(15-16)25-23(28)18-6-10-19(24)11-7-18/h2-15,26H,1H3,(H,25,28). The van der Waals surface area contributed by atoms with Crippen molar-refractivity contribution in [3.05, 3.63) is 101 Å². The number of hydrogen-bond donors (Lipinski definition) is 2. The largest absolute Gasteiger partial charge is 0.322 e. The molecule has 2 N–H and O–H groups in total. The second-order valence-corrected chi connectivity index (χ2v) is 8.92. The molecule has 0 aliphatic carbocycles. The van der Waals surface area contributed by atoms with E-state index in [0.29, 0.717) is 27.5 Å². The molecule has 0 spiro atoms. The van der Waals surface area contributed by atoms with Crippen LogP contribution in [-0.2, 0) is 10.0 Å².